The van der Waals surface area contributed by atoms with Gasteiger partial charge in [0, 0.05) is 32.1 Å². The quantitative estimate of drug-likeness (QED) is 0.643. The summed E-state index contributed by atoms with van der Waals surface area (Å²) in [5, 5.41) is 7.01. The molecule has 1 aromatic carbocycles. The number of carbonyl (C=O) groups excluding carboxylic acids is 1. The molecular formula is C23H31N5O4S. The highest BCUT2D eigenvalue weighted by molar-refractivity contribution is 7.91. The molecule has 2 aliphatic carbocycles. The van der Waals surface area contributed by atoms with E-state index >= 15 is 0 Å². The first-order valence-corrected chi connectivity index (χ1v) is 13.2. The number of nitrogens with zero attached hydrogens (tertiary/aromatic N) is 3. The maximum atomic E-state index is 13.3. The van der Waals surface area contributed by atoms with Gasteiger partial charge in [-0.2, -0.15) is 13.5 Å². The zero-order valence-corrected chi connectivity index (χ0v) is 19.8. The second-order valence-electron chi connectivity index (χ2n) is 9.16. The van der Waals surface area contributed by atoms with E-state index in [0.717, 1.165) is 68.2 Å². The lowest BCUT2D eigenvalue weighted by Crippen LogP contribution is -2.46. The van der Waals surface area contributed by atoms with E-state index in [1.54, 1.807) is 17.9 Å². The number of hydrogen-bond acceptors (Lipinski definition) is 5. The van der Waals surface area contributed by atoms with E-state index in [1.165, 1.54) is 21.6 Å². The summed E-state index contributed by atoms with van der Waals surface area (Å²) in [4.78, 5) is 13.0. The van der Waals surface area contributed by atoms with Gasteiger partial charge >= 0.3 is 16.2 Å². The number of carbonyl (C=O) groups is 1. The Labute approximate surface area is 194 Å². The molecule has 0 saturated carbocycles. The summed E-state index contributed by atoms with van der Waals surface area (Å²) in [6.45, 7) is 0.909. The third-order valence-electron chi connectivity index (χ3n) is 6.88. The predicted molar refractivity (Wildman–Crippen MR) is 126 cm³/mol. The molecule has 0 unspecified atom stereocenters. The van der Waals surface area contributed by atoms with Crippen LogP contribution < -0.4 is 14.3 Å². The minimum Gasteiger partial charge on any atom is -0.378 e. The molecule has 9 nitrogen and oxygen atoms in total. The summed E-state index contributed by atoms with van der Waals surface area (Å²) in [7, 11) is -2.41. The number of fused-ring (bicyclic) bond motifs is 2. The van der Waals surface area contributed by atoms with Gasteiger partial charge in [0.25, 0.3) is 0 Å². The number of rotatable bonds is 7. The second-order valence-corrected chi connectivity index (χ2v) is 10.8. The van der Waals surface area contributed by atoms with E-state index in [0.29, 0.717) is 18.7 Å². The first-order valence-electron chi connectivity index (χ1n) is 11.8. The average Bonchev–Trinajstić information content (AvgIpc) is 3.55. The topological polar surface area (TPSA) is 106 Å². The summed E-state index contributed by atoms with van der Waals surface area (Å²) >= 11 is 0. The summed E-state index contributed by atoms with van der Waals surface area (Å²) in [5.41, 5.74) is 6.11. The minimum absolute atomic E-state index is 0.0303. The number of aryl methyl sites for hydroxylation is 3. The van der Waals surface area contributed by atoms with Crippen LogP contribution in [-0.2, 0) is 47.7 Å². The van der Waals surface area contributed by atoms with Gasteiger partial charge in [0.2, 0.25) is 0 Å². The zero-order valence-electron chi connectivity index (χ0n) is 19.0. The largest absolute Gasteiger partial charge is 0.378 e. The van der Waals surface area contributed by atoms with Crippen LogP contribution in [-0.4, -0.2) is 43.5 Å². The fourth-order valence-electron chi connectivity index (χ4n) is 5.34. The van der Waals surface area contributed by atoms with Crippen LogP contribution in [0.25, 0.3) is 0 Å². The molecule has 2 heterocycles. The molecule has 5 rings (SSSR count). The predicted octanol–water partition coefficient (Wildman–Crippen LogP) is 2.84. The monoisotopic (exact) mass is 473 g/mol. The number of aromatic nitrogens is 2. The van der Waals surface area contributed by atoms with Crippen LogP contribution in [0.15, 0.2) is 18.5 Å². The van der Waals surface area contributed by atoms with E-state index in [1.807, 2.05) is 0 Å². The Morgan fingerprint density at radius 1 is 1.18 bits per heavy atom. The molecule has 33 heavy (non-hydrogen) atoms. The van der Waals surface area contributed by atoms with Gasteiger partial charge in [-0.15, -0.1) is 0 Å². The Kier molecular flexibility index (Phi) is 6.05. The van der Waals surface area contributed by atoms with Gasteiger partial charge in [-0.25, -0.2) is 9.52 Å². The standard InChI is InChI=1S/C23H31N5O4S/c1-27-15-18(14-24-27)28(11-10-19-7-4-12-32-19)33(30,31)26-23(29)25-22-20-8-2-5-16(20)13-17-6-3-9-21(17)22/h13-15,19H,2-12H2,1H3,(H2,25,26,29)/t19-/m1/s1. The molecule has 1 atom stereocenters. The Hall–Kier alpha value is -2.59. The highest BCUT2D eigenvalue weighted by atomic mass is 32.2. The van der Waals surface area contributed by atoms with Crippen LogP contribution in [0.3, 0.4) is 0 Å². The third kappa shape index (κ3) is 4.59. The molecule has 3 aliphatic rings. The molecule has 2 amide bonds. The molecule has 1 fully saturated rings. The molecule has 0 bridgehead atoms. The van der Waals surface area contributed by atoms with Crippen LogP contribution in [0, 0.1) is 0 Å². The van der Waals surface area contributed by atoms with Crippen molar-refractivity contribution in [2.75, 3.05) is 22.8 Å². The molecule has 2 N–H and O–H groups in total. The molecule has 178 valence electrons. The van der Waals surface area contributed by atoms with Crippen molar-refractivity contribution in [3.63, 3.8) is 0 Å². The van der Waals surface area contributed by atoms with Crippen LogP contribution in [0.2, 0.25) is 0 Å². The van der Waals surface area contributed by atoms with Crippen molar-refractivity contribution in [3.8, 4) is 0 Å². The molecule has 0 radical (unpaired) electrons. The molecule has 0 spiro atoms. The summed E-state index contributed by atoms with van der Waals surface area (Å²) in [6.07, 6.45) is 11.6. The normalized spacial score (nSPS) is 19.4. The van der Waals surface area contributed by atoms with Crippen molar-refractivity contribution < 1.29 is 17.9 Å². The minimum atomic E-state index is -4.14. The van der Waals surface area contributed by atoms with Gasteiger partial charge < -0.3 is 10.1 Å². The third-order valence-corrected chi connectivity index (χ3v) is 8.30. The van der Waals surface area contributed by atoms with Gasteiger partial charge in [0.15, 0.2) is 0 Å². The fourth-order valence-corrected chi connectivity index (χ4v) is 6.45. The first kappa shape index (κ1) is 22.2. The van der Waals surface area contributed by atoms with Gasteiger partial charge in [0.1, 0.15) is 0 Å². The number of anilines is 2. The Morgan fingerprint density at radius 3 is 2.52 bits per heavy atom. The highest BCUT2D eigenvalue weighted by Gasteiger charge is 2.30. The Bertz CT molecular complexity index is 1120. The van der Waals surface area contributed by atoms with Crippen LogP contribution in [0.4, 0.5) is 16.2 Å². The summed E-state index contributed by atoms with van der Waals surface area (Å²) < 4.78 is 37.2. The van der Waals surface area contributed by atoms with Crippen molar-refractivity contribution in [1.29, 1.82) is 0 Å². The number of urea groups is 1. The number of benzene rings is 1. The smallest absolute Gasteiger partial charge is 0.334 e. The molecule has 1 aromatic heterocycles. The summed E-state index contributed by atoms with van der Waals surface area (Å²) in [6, 6.07) is 1.55. The van der Waals surface area contributed by atoms with Crippen molar-refractivity contribution in [2.24, 2.45) is 7.05 Å². The zero-order chi connectivity index (χ0) is 23.0. The highest BCUT2D eigenvalue weighted by Crippen LogP contribution is 2.38. The van der Waals surface area contributed by atoms with Gasteiger partial charge in [-0.3, -0.25) is 8.99 Å². The lowest BCUT2D eigenvalue weighted by atomic mass is 9.99. The molecule has 1 aliphatic heterocycles. The molecule has 2 aromatic rings. The second kappa shape index (κ2) is 8.98. The van der Waals surface area contributed by atoms with Crippen molar-refractivity contribution in [1.82, 2.24) is 14.5 Å². The first-order chi connectivity index (χ1) is 15.9. The van der Waals surface area contributed by atoms with Crippen molar-refractivity contribution >= 4 is 27.6 Å². The van der Waals surface area contributed by atoms with E-state index < -0.39 is 16.2 Å². The lowest BCUT2D eigenvalue weighted by Gasteiger charge is -2.24. The number of ether oxygens (including phenoxy) is 1. The van der Waals surface area contributed by atoms with Crippen LogP contribution in [0.5, 0.6) is 0 Å². The van der Waals surface area contributed by atoms with E-state index in [2.05, 4.69) is 21.2 Å². The fraction of sp³-hybridized carbons (Fsp3) is 0.565. The SMILES string of the molecule is Cn1cc(N(CC[C@H]2CCCO2)S(=O)(=O)NC(=O)Nc2c3c(cc4c2CCC4)CCC3)cn1. The van der Waals surface area contributed by atoms with Crippen LogP contribution in [0.1, 0.15) is 54.4 Å². The number of hydrogen-bond donors (Lipinski definition) is 2. The molecular weight excluding hydrogens is 442 g/mol. The van der Waals surface area contributed by atoms with Gasteiger partial charge in [-0.1, -0.05) is 6.07 Å². The van der Waals surface area contributed by atoms with E-state index in [9.17, 15) is 13.2 Å². The van der Waals surface area contributed by atoms with Crippen LogP contribution >= 0.6 is 0 Å². The average molecular weight is 474 g/mol. The maximum Gasteiger partial charge on any atom is 0.334 e. The van der Waals surface area contributed by atoms with Crippen molar-refractivity contribution in [2.45, 2.75) is 63.9 Å². The lowest BCUT2D eigenvalue weighted by molar-refractivity contribution is 0.106. The summed E-state index contributed by atoms with van der Waals surface area (Å²) in [5.74, 6) is 0. The Morgan fingerprint density at radius 2 is 1.91 bits per heavy atom. The molecule has 10 heteroatoms. The maximum absolute atomic E-state index is 13.3. The van der Waals surface area contributed by atoms with Crippen molar-refractivity contribution in [3.05, 3.63) is 40.7 Å². The van der Waals surface area contributed by atoms with Gasteiger partial charge in [-0.05, 0) is 80.0 Å². The number of amides is 2. The van der Waals surface area contributed by atoms with E-state index in [4.69, 9.17) is 4.74 Å². The Balaban J connectivity index is 1.35. The number of nitrogens with one attached hydrogen (secondary N) is 2. The van der Waals surface area contributed by atoms with E-state index in [-0.39, 0.29) is 12.6 Å². The molecule has 1 saturated heterocycles. The van der Waals surface area contributed by atoms with Gasteiger partial charge in [0.05, 0.1) is 18.0 Å².